The molecule has 5 rings (SSSR count). The molecular formula is C35H33FN4O4. The molecule has 0 unspecified atom stereocenters. The Kier molecular flexibility index (Phi) is 9.34. The van der Waals surface area contributed by atoms with E-state index in [4.69, 9.17) is 4.74 Å². The molecule has 0 saturated carbocycles. The number of carbonyl (C=O) groups excluding carboxylic acids is 3. The molecule has 1 aromatic heterocycles. The van der Waals surface area contributed by atoms with Gasteiger partial charge in [0.15, 0.2) is 0 Å². The number of para-hydroxylation sites is 1. The van der Waals surface area contributed by atoms with E-state index in [1.54, 1.807) is 36.4 Å². The maximum absolute atomic E-state index is 14.3. The summed E-state index contributed by atoms with van der Waals surface area (Å²) in [5.41, 5.74) is 2.84. The van der Waals surface area contributed by atoms with Gasteiger partial charge in [-0.25, -0.2) is 4.39 Å². The van der Waals surface area contributed by atoms with Gasteiger partial charge in [0.05, 0.1) is 5.52 Å². The van der Waals surface area contributed by atoms with Crippen LogP contribution in [-0.2, 0) is 16.1 Å². The molecule has 4 aromatic carbocycles. The van der Waals surface area contributed by atoms with Crippen LogP contribution >= 0.6 is 0 Å². The highest BCUT2D eigenvalue weighted by Crippen LogP contribution is 2.25. The fourth-order valence-corrected chi connectivity index (χ4v) is 4.67. The van der Waals surface area contributed by atoms with Gasteiger partial charge in [0, 0.05) is 17.6 Å². The third-order valence-corrected chi connectivity index (χ3v) is 7.04. The van der Waals surface area contributed by atoms with E-state index < -0.39 is 30.1 Å². The van der Waals surface area contributed by atoms with Gasteiger partial charge in [0.25, 0.3) is 5.91 Å². The highest BCUT2D eigenvalue weighted by Gasteiger charge is 2.24. The minimum absolute atomic E-state index is 0.0664. The number of rotatable bonds is 11. The number of ether oxygens (including phenoxy) is 1. The van der Waals surface area contributed by atoms with Crippen molar-refractivity contribution in [3.05, 3.63) is 126 Å². The van der Waals surface area contributed by atoms with Crippen LogP contribution in [0, 0.1) is 5.82 Å². The van der Waals surface area contributed by atoms with Crippen LogP contribution in [0.15, 0.2) is 103 Å². The van der Waals surface area contributed by atoms with Crippen molar-refractivity contribution < 1.29 is 23.5 Å². The average Bonchev–Trinajstić information content (AvgIpc) is 3.47. The molecule has 5 aromatic rings. The van der Waals surface area contributed by atoms with Crippen LogP contribution < -0.4 is 15.4 Å². The summed E-state index contributed by atoms with van der Waals surface area (Å²) >= 11 is 0. The molecule has 44 heavy (non-hydrogen) atoms. The first-order valence-corrected chi connectivity index (χ1v) is 14.3. The number of benzene rings is 4. The van der Waals surface area contributed by atoms with E-state index >= 15 is 0 Å². The third kappa shape index (κ3) is 7.69. The molecule has 0 bridgehead atoms. The van der Waals surface area contributed by atoms with Crippen LogP contribution in [0.1, 0.15) is 41.4 Å². The first-order chi connectivity index (χ1) is 21.2. The van der Waals surface area contributed by atoms with Crippen molar-refractivity contribution >= 4 is 34.3 Å². The Hall–Kier alpha value is -5.44. The SMILES string of the molecule is CC(C)c1ccc(Oc2ccc(NC(=O)CN(CC(=O)NCc3ccccc3)C(=O)c3cc4cccc(F)c4[nH]3)cc2)cc1. The zero-order valence-electron chi connectivity index (χ0n) is 24.5. The lowest BCUT2D eigenvalue weighted by Crippen LogP contribution is -2.44. The highest BCUT2D eigenvalue weighted by atomic mass is 19.1. The molecule has 1 heterocycles. The summed E-state index contributed by atoms with van der Waals surface area (Å²) < 4.78 is 20.2. The molecule has 224 valence electrons. The molecule has 0 fully saturated rings. The average molecular weight is 593 g/mol. The topological polar surface area (TPSA) is 104 Å². The van der Waals surface area contributed by atoms with Gasteiger partial charge >= 0.3 is 0 Å². The van der Waals surface area contributed by atoms with Crippen LogP contribution in [0.25, 0.3) is 10.9 Å². The number of fused-ring (bicyclic) bond motifs is 1. The Morgan fingerprint density at radius 3 is 2.14 bits per heavy atom. The van der Waals surface area contributed by atoms with Gasteiger partial charge in [-0.15, -0.1) is 0 Å². The van der Waals surface area contributed by atoms with E-state index in [2.05, 4.69) is 29.5 Å². The first-order valence-electron chi connectivity index (χ1n) is 14.3. The zero-order chi connectivity index (χ0) is 31.1. The van der Waals surface area contributed by atoms with Crippen molar-refractivity contribution in [2.75, 3.05) is 18.4 Å². The predicted octanol–water partition coefficient (Wildman–Crippen LogP) is 6.62. The maximum Gasteiger partial charge on any atom is 0.271 e. The number of carbonyl (C=O) groups is 3. The number of aromatic nitrogens is 1. The largest absolute Gasteiger partial charge is 0.457 e. The molecule has 3 amide bonds. The van der Waals surface area contributed by atoms with E-state index in [0.29, 0.717) is 28.5 Å². The van der Waals surface area contributed by atoms with E-state index in [-0.39, 0.29) is 24.3 Å². The molecule has 3 N–H and O–H groups in total. The number of halogens is 1. The fraction of sp³-hybridized carbons (Fsp3) is 0.171. The molecule has 0 saturated heterocycles. The molecule has 0 aliphatic heterocycles. The quantitative estimate of drug-likeness (QED) is 0.160. The molecule has 0 radical (unpaired) electrons. The second kappa shape index (κ2) is 13.7. The number of H-pyrrole nitrogens is 1. The summed E-state index contributed by atoms with van der Waals surface area (Å²) in [6.45, 7) is 3.74. The van der Waals surface area contributed by atoms with Crippen LogP contribution in [-0.4, -0.2) is 40.7 Å². The van der Waals surface area contributed by atoms with Crippen molar-refractivity contribution in [2.24, 2.45) is 0 Å². The normalized spacial score (nSPS) is 10.9. The van der Waals surface area contributed by atoms with Crippen LogP contribution in [0.3, 0.4) is 0 Å². The number of anilines is 1. The Morgan fingerprint density at radius 1 is 0.818 bits per heavy atom. The summed E-state index contributed by atoms with van der Waals surface area (Å²) in [6.07, 6.45) is 0. The second-order valence-corrected chi connectivity index (χ2v) is 10.7. The molecule has 9 heteroatoms. The van der Waals surface area contributed by atoms with Crippen LogP contribution in [0.4, 0.5) is 10.1 Å². The minimum atomic E-state index is -0.613. The lowest BCUT2D eigenvalue weighted by atomic mass is 10.0. The van der Waals surface area contributed by atoms with Crippen LogP contribution in [0.5, 0.6) is 11.5 Å². The smallest absolute Gasteiger partial charge is 0.271 e. The highest BCUT2D eigenvalue weighted by molar-refractivity contribution is 6.02. The fourth-order valence-electron chi connectivity index (χ4n) is 4.67. The molecule has 0 spiro atoms. The van der Waals surface area contributed by atoms with E-state index in [1.165, 1.54) is 17.7 Å². The standard InChI is InChI=1S/C35H33FN4O4/c1-23(2)25-11-15-28(16-12-25)44-29-17-13-27(14-18-29)38-33(42)22-40(21-32(41)37-20-24-7-4-3-5-8-24)35(43)31-19-26-9-6-10-30(36)34(26)39-31/h3-19,23,39H,20-22H2,1-2H3,(H,37,41)(H,38,42). The van der Waals surface area contributed by atoms with Crippen molar-refractivity contribution in [2.45, 2.75) is 26.3 Å². The first kappa shape index (κ1) is 30.0. The summed E-state index contributed by atoms with van der Waals surface area (Å²) in [5.74, 6) is -0.354. The number of hydrogen-bond donors (Lipinski definition) is 3. The van der Waals surface area contributed by atoms with Gasteiger partial charge in [0.1, 0.15) is 36.1 Å². The van der Waals surface area contributed by atoms with Gasteiger partial charge in [0.2, 0.25) is 11.8 Å². The maximum atomic E-state index is 14.3. The number of nitrogens with one attached hydrogen (secondary N) is 3. The Labute approximate surface area is 254 Å². The number of aromatic amines is 1. The molecule has 0 aliphatic carbocycles. The van der Waals surface area contributed by atoms with Gasteiger partial charge < -0.3 is 25.3 Å². The number of amides is 3. The predicted molar refractivity (Wildman–Crippen MR) is 168 cm³/mol. The minimum Gasteiger partial charge on any atom is -0.457 e. The van der Waals surface area contributed by atoms with Gasteiger partial charge in [-0.2, -0.15) is 0 Å². The summed E-state index contributed by atoms with van der Waals surface area (Å²) in [7, 11) is 0. The van der Waals surface area contributed by atoms with Crippen molar-refractivity contribution in [3.63, 3.8) is 0 Å². The molecular weight excluding hydrogens is 559 g/mol. The molecule has 0 aliphatic rings. The lowest BCUT2D eigenvalue weighted by molar-refractivity contribution is -0.122. The van der Waals surface area contributed by atoms with E-state index in [0.717, 1.165) is 10.5 Å². The van der Waals surface area contributed by atoms with Crippen LogP contribution in [0.2, 0.25) is 0 Å². The van der Waals surface area contributed by atoms with Crippen molar-refractivity contribution in [1.82, 2.24) is 15.2 Å². The monoisotopic (exact) mass is 592 g/mol. The van der Waals surface area contributed by atoms with E-state index in [1.807, 2.05) is 54.6 Å². The number of hydrogen-bond acceptors (Lipinski definition) is 4. The zero-order valence-corrected chi connectivity index (χ0v) is 24.5. The summed E-state index contributed by atoms with van der Waals surface area (Å²) in [6, 6.07) is 30.0. The van der Waals surface area contributed by atoms with Gasteiger partial charge in [-0.05, 0) is 65.6 Å². The third-order valence-electron chi connectivity index (χ3n) is 7.04. The Morgan fingerprint density at radius 2 is 1.48 bits per heavy atom. The molecule has 0 atom stereocenters. The molecule has 8 nitrogen and oxygen atoms in total. The number of nitrogens with zero attached hydrogens (tertiary/aromatic N) is 1. The van der Waals surface area contributed by atoms with Crippen molar-refractivity contribution in [3.8, 4) is 11.5 Å². The van der Waals surface area contributed by atoms with Gasteiger partial charge in [-0.3, -0.25) is 14.4 Å². The van der Waals surface area contributed by atoms with Gasteiger partial charge in [-0.1, -0.05) is 68.4 Å². The summed E-state index contributed by atoms with van der Waals surface area (Å²) in [5, 5.41) is 6.05. The lowest BCUT2D eigenvalue weighted by Gasteiger charge is -2.21. The second-order valence-electron chi connectivity index (χ2n) is 10.7. The summed E-state index contributed by atoms with van der Waals surface area (Å²) in [4.78, 5) is 43.3. The van der Waals surface area contributed by atoms with Crippen molar-refractivity contribution in [1.29, 1.82) is 0 Å². The van der Waals surface area contributed by atoms with E-state index in [9.17, 15) is 18.8 Å². The Balaban J connectivity index is 1.25. The Bertz CT molecular complexity index is 1750.